The maximum atomic E-state index is 6.12. The van der Waals surface area contributed by atoms with Gasteiger partial charge in [0.15, 0.2) is 0 Å². The van der Waals surface area contributed by atoms with Crippen molar-refractivity contribution in [3.8, 4) is 16.9 Å². The highest BCUT2D eigenvalue weighted by atomic mass is 32.1. The van der Waals surface area contributed by atoms with Crippen LogP contribution in [0.4, 0.5) is 0 Å². The largest absolute Gasteiger partial charge is 0.493 e. The van der Waals surface area contributed by atoms with Gasteiger partial charge in [-0.25, -0.2) is 0 Å². The van der Waals surface area contributed by atoms with E-state index in [1.807, 2.05) is 0 Å². The van der Waals surface area contributed by atoms with Crippen molar-refractivity contribution in [2.75, 3.05) is 12.4 Å². The molecule has 2 aromatic rings. The second kappa shape index (κ2) is 20.9. The van der Waals surface area contributed by atoms with E-state index >= 15 is 0 Å². The molecule has 0 N–H and O–H groups in total. The minimum absolute atomic E-state index is 0.819. The number of hydrogen-bond donors (Lipinski definition) is 1. The van der Waals surface area contributed by atoms with Crippen LogP contribution in [0.3, 0.4) is 0 Å². The van der Waals surface area contributed by atoms with Gasteiger partial charge in [0.2, 0.25) is 0 Å². The van der Waals surface area contributed by atoms with E-state index < -0.39 is 0 Å². The number of rotatable bonds is 22. The summed E-state index contributed by atoms with van der Waals surface area (Å²) in [6.45, 7) is 0.819. The summed E-state index contributed by atoms with van der Waals surface area (Å²) in [7, 11) is 0. The molecule has 0 aliphatic carbocycles. The van der Waals surface area contributed by atoms with Gasteiger partial charge in [-0.1, -0.05) is 151 Å². The molecule has 190 valence electrons. The van der Waals surface area contributed by atoms with E-state index in [0.717, 1.165) is 24.5 Å². The molecule has 2 aromatic carbocycles. The second-order valence-electron chi connectivity index (χ2n) is 9.80. The van der Waals surface area contributed by atoms with Crippen molar-refractivity contribution in [2.24, 2.45) is 0 Å². The van der Waals surface area contributed by atoms with Crippen LogP contribution in [0.5, 0.6) is 5.75 Å². The van der Waals surface area contributed by atoms with Gasteiger partial charge >= 0.3 is 0 Å². The number of thiol groups is 1. The lowest BCUT2D eigenvalue weighted by molar-refractivity contribution is 0.305. The van der Waals surface area contributed by atoms with Gasteiger partial charge in [-0.05, 0) is 30.2 Å². The lowest BCUT2D eigenvalue weighted by Crippen LogP contribution is -1.98. The number of para-hydroxylation sites is 1. The van der Waals surface area contributed by atoms with E-state index in [0.29, 0.717) is 0 Å². The van der Waals surface area contributed by atoms with E-state index in [-0.39, 0.29) is 0 Å². The average Bonchev–Trinajstić information content (AvgIpc) is 2.88. The van der Waals surface area contributed by atoms with Crippen molar-refractivity contribution < 1.29 is 4.74 Å². The van der Waals surface area contributed by atoms with Crippen LogP contribution in [-0.2, 0) is 0 Å². The number of benzene rings is 2. The van der Waals surface area contributed by atoms with Crippen LogP contribution in [-0.4, -0.2) is 12.4 Å². The normalized spacial score (nSPS) is 11.1. The predicted octanol–water partition coefficient (Wildman–Crippen LogP) is 10.7. The Balaban J connectivity index is 1.34. The van der Waals surface area contributed by atoms with Crippen molar-refractivity contribution in [2.45, 2.75) is 116 Å². The van der Waals surface area contributed by atoms with Crippen LogP contribution in [0.15, 0.2) is 54.6 Å². The molecular formula is C32H50OS. The van der Waals surface area contributed by atoms with Gasteiger partial charge in [0.1, 0.15) is 5.75 Å². The zero-order chi connectivity index (χ0) is 23.9. The molecule has 0 aliphatic rings. The molecule has 34 heavy (non-hydrogen) atoms. The lowest BCUT2D eigenvalue weighted by atomic mass is 10.0. The Morgan fingerprint density at radius 3 is 1.35 bits per heavy atom. The van der Waals surface area contributed by atoms with E-state index in [9.17, 15) is 0 Å². The summed E-state index contributed by atoms with van der Waals surface area (Å²) in [5, 5.41) is 0. The summed E-state index contributed by atoms with van der Waals surface area (Å²) < 4.78 is 6.12. The molecule has 0 aliphatic heterocycles. The maximum absolute atomic E-state index is 6.12. The molecule has 1 nitrogen and oxygen atoms in total. The first-order chi connectivity index (χ1) is 16.9. The summed E-state index contributed by atoms with van der Waals surface area (Å²) in [6, 6.07) is 18.9. The lowest BCUT2D eigenvalue weighted by Gasteiger charge is -2.11. The van der Waals surface area contributed by atoms with Crippen molar-refractivity contribution in [1.29, 1.82) is 0 Å². The minimum Gasteiger partial charge on any atom is -0.493 e. The number of unbranched alkanes of at least 4 members (excludes halogenated alkanes) is 17. The smallest absolute Gasteiger partial charge is 0.127 e. The van der Waals surface area contributed by atoms with Gasteiger partial charge in [0.25, 0.3) is 0 Å². The molecule has 0 saturated carbocycles. The molecule has 0 fully saturated rings. The van der Waals surface area contributed by atoms with Gasteiger partial charge in [-0.3, -0.25) is 0 Å². The fraction of sp³-hybridized carbons (Fsp3) is 0.625. The quantitative estimate of drug-likeness (QED) is 0.130. The third kappa shape index (κ3) is 14.1. The fourth-order valence-corrected chi connectivity index (χ4v) is 4.90. The molecule has 0 atom stereocenters. The fourth-order valence-electron chi connectivity index (χ4n) is 4.67. The van der Waals surface area contributed by atoms with Crippen LogP contribution in [0, 0.1) is 0 Å². The molecule has 0 bridgehead atoms. The maximum Gasteiger partial charge on any atom is 0.127 e. The van der Waals surface area contributed by atoms with E-state index in [1.165, 1.54) is 120 Å². The van der Waals surface area contributed by atoms with E-state index in [4.69, 9.17) is 4.74 Å². The van der Waals surface area contributed by atoms with Gasteiger partial charge in [0.05, 0.1) is 6.61 Å². The minimum atomic E-state index is 0.819. The zero-order valence-electron chi connectivity index (χ0n) is 21.7. The summed E-state index contributed by atoms with van der Waals surface area (Å²) >= 11 is 4.28. The summed E-state index contributed by atoms with van der Waals surface area (Å²) in [6.07, 6.45) is 25.1. The zero-order valence-corrected chi connectivity index (χ0v) is 22.6. The SMILES string of the molecule is SCCCCCCCCCCCCCCCCCCCCOc1ccccc1-c1ccccc1. The van der Waals surface area contributed by atoms with Crippen LogP contribution < -0.4 is 4.74 Å². The molecule has 0 unspecified atom stereocenters. The molecule has 0 heterocycles. The van der Waals surface area contributed by atoms with Crippen molar-refractivity contribution in [1.82, 2.24) is 0 Å². The van der Waals surface area contributed by atoms with E-state index in [1.54, 1.807) is 0 Å². The molecule has 2 rings (SSSR count). The van der Waals surface area contributed by atoms with E-state index in [2.05, 4.69) is 67.2 Å². The Hall–Kier alpha value is -1.41. The van der Waals surface area contributed by atoms with Crippen LogP contribution in [0.25, 0.3) is 11.1 Å². The van der Waals surface area contributed by atoms with Gasteiger partial charge in [-0.2, -0.15) is 12.6 Å². The molecular weight excluding hydrogens is 432 g/mol. The molecule has 0 aromatic heterocycles. The third-order valence-corrected chi connectivity index (χ3v) is 7.10. The summed E-state index contributed by atoms with van der Waals surface area (Å²) in [5.74, 6) is 2.06. The van der Waals surface area contributed by atoms with Crippen LogP contribution >= 0.6 is 12.6 Å². The summed E-state index contributed by atoms with van der Waals surface area (Å²) in [4.78, 5) is 0. The van der Waals surface area contributed by atoms with Crippen molar-refractivity contribution in [3.05, 3.63) is 54.6 Å². The Kier molecular flexibility index (Phi) is 17.7. The van der Waals surface area contributed by atoms with Gasteiger partial charge < -0.3 is 4.74 Å². The number of hydrogen-bond acceptors (Lipinski definition) is 2. The first kappa shape index (κ1) is 28.8. The highest BCUT2D eigenvalue weighted by Gasteiger charge is 2.05. The first-order valence-corrected chi connectivity index (χ1v) is 14.9. The second-order valence-corrected chi connectivity index (χ2v) is 10.2. The standard InChI is InChI=1S/C32H50OS/c34-29-23-16-14-12-10-8-6-4-2-1-3-5-7-9-11-13-15-22-28-33-32-27-21-20-26-31(32)30-24-18-17-19-25-30/h17-21,24-27,34H,1-16,22-23,28-29H2. The molecule has 0 radical (unpaired) electrons. The summed E-state index contributed by atoms with van der Waals surface area (Å²) in [5.41, 5.74) is 2.42. The highest BCUT2D eigenvalue weighted by molar-refractivity contribution is 7.80. The highest BCUT2D eigenvalue weighted by Crippen LogP contribution is 2.29. The monoisotopic (exact) mass is 482 g/mol. The van der Waals surface area contributed by atoms with Crippen molar-refractivity contribution in [3.63, 3.8) is 0 Å². The Bertz CT molecular complexity index is 699. The Labute approximate surface area is 216 Å². The van der Waals surface area contributed by atoms with Gasteiger partial charge in [0, 0.05) is 5.56 Å². The third-order valence-electron chi connectivity index (χ3n) is 6.78. The Morgan fingerprint density at radius 1 is 0.441 bits per heavy atom. The average molecular weight is 483 g/mol. The topological polar surface area (TPSA) is 9.23 Å². The van der Waals surface area contributed by atoms with Crippen molar-refractivity contribution >= 4 is 12.6 Å². The van der Waals surface area contributed by atoms with Gasteiger partial charge in [-0.15, -0.1) is 0 Å². The molecule has 2 heteroatoms. The van der Waals surface area contributed by atoms with Crippen LogP contribution in [0.1, 0.15) is 116 Å². The predicted molar refractivity (Wildman–Crippen MR) is 154 cm³/mol. The first-order valence-electron chi connectivity index (χ1n) is 14.3. The van der Waals surface area contributed by atoms with Crippen LogP contribution in [0.2, 0.25) is 0 Å². The molecule has 0 spiro atoms. The Morgan fingerprint density at radius 2 is 0.853 bits per heavy atom. The number of ether oxygens (including phenoxy) is 1. The molecule has 0 amide bonds. The molecule has 0 saturated heterocycles.